The van der Waals surface area contributed by atoms with Gasteiger partial charge in [-0.25, -0.2) is 0 Å². The molecular formula is C10H20NOP. The minimum Gasteiger partial charge on any atom is -0.322 e. The molecule has 0 bridgehead atoms. The van der Waals surface area contributed by atoms with Crippen LogP contribution in [0.3, 0.4) is 0 Å². The van der Waals surface area contributed by atoms with Crippen molar-refractivity contribution in [1.29, 1.82) is 0 Å². The molecular weight excluding hydrogens is 181 g/mol. The van der Waals surface area contributed by atoms with Gasteiger partial charge in [0.15, 0.2) is 0 Å². The van der Waals surface area contributed by atoms with Crippen molar-refractivity contribution in [2.45, 2.75) is 31.5 Å². The maximum Gasteiger partial charge on any atom is 0.104 e. The summed E-state index contributed by atoms with van der Waals surface area (Å²) >= 11 is 0. The Kier molecular flexibility index (Phi) is 3.04. The topological polar surface area (TPSA) is 43.1 Å². The zero-order chi connectivity index (χ0) is 10.1. The van der Waals surface area contributed by atoms with Crippen LogP contribution < -0.4 is 5.73 Å². The lowest BCUT2D eigenvalue weighted by Gasteiger charge is -2.20. The minimum atomic E-state index is -2.15. The molecule has 0 amide bonds. The van der Waals surface area contributed by atoms with Crippen molar-refractivity contribution in [2.75, 3.05) is 12.8 Å². The van der Waals surface area contributed by atoms with E-state index >= 15 is 0 Å². The van der Waals surface area contributed by atoms with Crippen LogP contribution in [0.5, 0.6) is 0 Å². The van der Waals surface area contributed by atoms with Gasteiger partial charge in [0.2, 0.25) is 0 Å². The van der Waals surface area contributed by atoms with E-state index in [0.29, 0.717) is 5.92 Å². The van der Waals surface area contributed by atoms with E-state index in [1.807, 2.05) is 12.7 Å². The van der Waals surface area contributed by atoms with Crippen molar-refractivity contribution >= 4 is 7.14 Å². The second-order valence-corrected chi connectivity index (χ2v) is 7.70. The van der Waals surface area contributed by atoms with Crippen LogP contribution in [0.25, 0.3) is 0 Å². The molecule has 3 heteroatoms. The van der Waals surface area contributed by atoms with E-state index in [1.165, 1.54) is 0 Å². The summed E-state index contributed by atoms with van der Waals surface area (Å²) in [7, 11) is -2.15. The van der Waals surface area contributed by atoms with Crippen molar-refractivity contribution in [3.8, 4) is 0 Å². The Labute approximate surface area is 81.0 Å². The maximum atomic E-state index is 12.3. The van der Waals surface area contributed by atoms with Crippen LogP contribution in [-0.4, -0.2) is 18.1 Å². The van der Waals surface area contributed by atoms with Crippen molar-refractivity contribution in [1.82, 2.24) is 0 Å². The molecule has 0 aromatic heterocycles. The molecule has 1 unspecified atom stereocenters. The van der Waals surface area contributed by atoms with Crippen molar-refractivity contribution in [3.05, 3.63) is 12.7 Å². The summed E-state index contributed by atoms with van der Waals surface area (Å²) in [5, 5.41) is -0.399. The highest BCUT2D eigenvalue weighted by Crippen LogP contribution is 2.68. The molecule has 0 heterocycles. The van der Waals surface area contributed by atoms with E-state index in [4.69, 9.17) is 5.73 Å². The SMILES string of the molecule is C=C[C@@H]1C[C@]1(N)P(C)(=O)CCCC. The summed E-state index contributed by atoms with van der Waals surface area (Å²) in [6, 6.07) is 0. The van der Waals surface area contributed by atoms with Crippen molar-refractivity contribution in [2.24, 2.45) is 11.7 Å². The Bertz CT molecular complexity index is 251. The van der Waals surface area contributed by atoms with E-state index in [1.54, 1.807) is 0 Å². The summed E-state index contributed by atoms with van der Waals surface area (Å²) in [6.07, 6.45) is 5.63. The molecule has 0 saturated heterocycles. The highest BCUT2D eigenvalue weighted by atomic mass is 31.2. The zero-order valence-electron chi connectivity index (χ0n) is 8.62. The molecule has 13 heavy (non-hydrogen) atoms. The minimum absolute atomic E-state index is 0.292. The second-order valence-electron chi connectivity index (χ2n) is 4.22. The molecule has 0 aromatic rings. The Morgan fingerprint density at radius 1 is 1.77 bits per heavy atom. The molecule has 1 aliphatic rings. The third kappa shape index (κ3) is 1.89. The molecule has 1 rings (SSSR count). The summed E-state index contributed by atoms with van der Waals surface area (Å²) < 4.78 is 12.3. The molecule has 1 fully saturated rings. The van der Waals surface area contributed by atoms with Crippen molar-refractivity contribution < 1.29 is 4.57 Å². The lowest BCUT2D eigenvalue weighted by Crippen LogP contribution is -2.25. The fourth-order valence-electron chi connectivity index (χ4n) is 1.79. The normalized spacial score (nSPS) is 36.7. The van der Waals surface area contributed by atoms with E-state index in [0.717, 1.165) is 25.4 Å². The number of hydrogen-bond acceptors (Lipinski definition) is 2. The van der Waals surface area contributed by atoms with Crippen molar-refractivity contribution in [3.63, 3.8) is 0 Å². The molecule has 2 N–H and O–H groups in total. The average Bonchev–Trinajstić information content (AvgIpc) is 2.76. The Morgan fingerprint density at radius 2 is 2.38 bits per heavy atom. The summed E-state index contributed by atoms with van der Waals surface area (Å²) in [6.45, 7) is 7.68. The molecule has 1 aliphatic carbocycles. The van der Waals surface area contributed by atoms with Crippen LogP contribution in [0.4, 0.5) is 0 Å². The van der Waals surface area contributed by atoms with E-state index in [2.05, 4.69) is 13.5 Å². The predicted octanol–water partition coefficient (Wildman–Crippen LogP) is 2.64. The van der Waals surface area contributed by atoms with E-state index in [-0.39, 0.29) is 0 Å². The summed E-state index contributed by atoms with van der Waals surface area (Å²) in [4.78, 5) is 0. The van der Waals surface area contributed by atoms with Crippen LogP contribution >= 0.6 is 7.14 Å². The van der Waals surface area contributed by atoms with Gasteiger partial charge in [-0.3, -0.25) is 0 Å². The van der Waals surface area contributed by atoms with Gasteiger partial charge in [-0.05, 0) is 19.5 Å². The number of hydrogen-bond donors (Lipinski definition) is 1. The van der Waals surface area contributed by atoms with Crippen LogP contribution in [0.2, 0.25) is 0 Å². The molecule has 2 nitrogen and oxygen atoms in total. The highest BCUT2D eigenvalue weighted by molar-refractivity contribution is 7.65. The molecule has 0 spiro atoms. The Morgan fingerprint density at radius 3 is 2.77 bits per heavy atom. The third-order valence-electron chi connectivity index (χ3n) is 3.13. The smallest absolute Gasteiger partial charge is 0.104 e. The number of nitrogens with two attached hydrogens (primary N) is 1. The summed E-state index contributed by atoms with van der Waals surface area (Å²) in [5.74, 6) is 0.292. The van der Waals surface area contributed by atoms with Gasteiger partial charge in [0.05, 0.1) is 5.28 Å². The molecule has 1 saturated carbocycles. The fourth-order valence-corrected chi connectivity index (χ4v) is 4.52. The van der Waals surface area contributed by atoms with Crippen LogP contribution in [0, 0.1) is 5.92 Å². The predicted molar refractivity (Wildman–Crippen MR) is 58.5 cm³/mol. The van der Waals surface area contributed by atoms with Gasteiger partial charge < -0.3 is 10.3 Å². The van der Waals surface area contributed by atoms with Gasteiger partial charge in [0, 0.05) is 12.1 Å². The van der Waals surface area contributed by atoms with Crippen LogP contribution in [0.1, 0.15) is 26.2 Å². The molecule has 76 valence electrons. The van der Waals surface area contributed by atoms with Gasteiger partial charge in [-0.1, -0.05) is 19.4 Å². The first-order valence-corrected chi connectivity index (χ1v) is 7.30. The summed E-state index contributed by atoms with van der Waals surface area (Å²) in [5.41, 5.74) is 6.09. The maximum absolute atomic E-state index is 12.3. The van der Waals surface area contributed by atoms with E-state index in [9.17, 15) is 4.57 Å². The van der Waals surface area contributed by atoms with Gasteiger partial charge in [0.1, 0.15) is 7.14 Å². The zero-order valence-corrected chi connectivity index (χ0v) is 9.52. The highest BCUT2D eigenvalue weighted by Gasteiger charge is 2.58. The molecule has 0 aromatic carbocycles. The first-order valence-electron chi connectivity index (χ1n) is 4.96. The largest absolute Gasteiger partial charge is 0.322 e. The van der Waals surface area contributed by atoms with Crippen LogP contribution in [0.15, 0.2) is 12.7 Å². The number of rotatable bonds is 5. The molecule has 0 aliphatic heterocycles. The fraction of sp³-hybridized carbons (Fsp3) is 0.800. The van der Waals surface area contributed by atoms with Gasteiger partial charge >= 0.3 is 0 Å². The van der Waals surface area contributed by atoms with Crippen LogP contribution in [-0.2, 0) is 4.57 Å². The first kappa shape index (κ1) is 11.0. The Balaban J connectivity index is 2.60. The quantitative estimate of drug-likeness (QED) is 0.549. The molecule has 3 atom stereocenters. The monoisotopic (exact) mass is 201 g/mol. The number of unbranched alkanes of at least 4 members (excludes halogenated alkanes) is 1. The van der Waals surface area contributed by atoms with Gasteiger partial charge in [-0.2, -0.15) is 0 Å². The van der Waals surface area contributed by atoms with E-state index < -0.39 is 12.4 Å². The standard InChI is InChI=1S/C10H20NOP/c1-4-6-7-13(3,12)10(11)8-9(10)5-2/h5,9H,2,4,6-8,11H2,1,3H3/t9-,10+,13?/m1/s1. The lowest BCUT2D eigenvalue weighted by molar-refractivity contribution is 0.561. The third-order valence-corrected chi connectivity index (χ3v) is 6.58. The lowest BCUT2D eigenvalue weighted by atomic mass is 10.4. The second kappa shape index (κ2) is 3.59. The first-order chi connectivity index (χ1) is 5.98. The van der Waals surface area contributed by atoms with Gasteiger partial charge in [-0.15, -0.1) is 6.58 Å². The van der Waals surface area contributed by atoms with Gasteiger partial charge in [0.25, 0.3) is 0 Å². The Hall–Kier alpha value is -0.0700. The average molecular weight is 201 g/mol. The molecule has 0 radical (unpaired) electrons.